The second kappa shape index (κ2) is 7.95. The first-order valence-corrected chi connectivity index (χ1v) is 9.41. The van der Waals surface area contributed by atoms with Crippen LogP contribution in [-0.4, -0.2) is 36.3 Å². The minimum absolute atomic E-state index is 0.124. The quantitative estimate of drug-likeness (QED) is 0.645. The van der Waals surface area contributed by atoms with Gasteiger partial charge in [-0.2, -0.15) is 0 Å². The number of likely N-dealkylation sites (tertiary alicyclic amines) is 1. The van der Waals surface area contributed by atoms with Gasteiger partial charge in [-0.3, -0.25) is 9.59 Å². The Morgan fingerprint density at radius 3 is 2.75 bits per heavy atom. The molecule has 0 radical (unpaired) electrons. The van der Waals surface area contributed by atoms with Crippen LogP contribution in [0.4, 0.5) is 0 Å². The zero-order valence-corrected chi connectivity index (χ0v) is 13.7. The average molecular weight is 330 g/mol. The molecule has 1 aromatic heterocycles. The number of amides is 2. The molecule has 1 N–H and O–H groups in total. The molecule has 1 aromatic rings. The molecule has 2 rings (SSSR count). The van der Waals surface area contributed by atoms with Crippen LogP contribution in [0.2, 0.25) is 0 Å². The molecule has 2 amide bonds. The summed E-state index contributed by atoms with van der Waals surface area (Å²) < 4.78 is 0.989. The molecular weight excluding hydrogens is 312 g/mol. The molecule has 0 bridgehead atoms. The Morgan fingerprint density at radius 2 is 2.10 bits per heavy atom. The number of hydrogen-bond donors (Lipinski definition) is 2. The van der Waals surface area contributed by atoms with Crippen molar-refractivity contribution in [3.05, 3.63) is 17.0 Å². The van der Waals surface area contributed by atoms with E-state index >= 15 is 0 Å². The van der Waals surface area contributed by atoms with Crippen LogP contribution in [0.15, 0.2) is 15.7 Å². The maximum absolute atomic E-state index is 11.9. The Labute approximate surface area is 132 Å². The lowest BCUT2D eigenvalue weighted by Gasteiger charge is -2.26. The van der Waals surface area contributed by atoms with Crippen LogP contribution in [0.25, 0.3) is 0 Å². The number of nitrogens with one attached hydrogen (secondary N) is 1. The molecular formula is C13H18N2O2S3. The first-order chi connectivity index (χ1) is 9.70. The topological polar surface area (TPSA) is 49.4 Å². The number of nitrogens with zero attached hydrogens (tertiary/aromatic N) is 1. The van der Waals surface area contributed by atoms with Gasteiger partial charge in [-0.25, -0.2) is 0 Å². The predicted octanol–water partition coefficient (Wildman–Crippen LogP) is 2.82. The second-order valence-corrected chi connectivity index (χ2v) is 7.03. The Kier molecular flexibility index (Phi) is 6.25. The van der Waals surface area contributed by atoms with Crippen molar-refractivity contribution < 1.29 is 9.59 Å². The first-order valence-electron chi connectivity index (χ1n) is 6.66. The zero-order valence-electron chi connectivity index (χ0n) is 11.1. The van der Waals surface area contributed by atoms with Gasteiger partial charge in [0, 0.05) is 31.4 Å². The Morgan fingerprint density at radius 1 is 1.35 bits per heavy atom. The molecule has 0 aliphatic carbocycles. The van der Waals surface area contributed by atoms with Crippen LogP contribution in [-0.2, 0) is 4.79 Å². The van der Waals surface area contributed by atoms with E-state index in [0.29, 0.717) is 18.5 Å². The fourth-order valence-corrected chi connectivity index (χ4v) is 3.82. The van der Waals surface area contributed by atoms with E-state index in [1.165, 1.54) is 28.6 Å². The molecule has 0 spiro atoms. The SMILES string of the molecule is O=C(NCCC(=O)N1CCCCC1)c1csc(SS)c1. The standard InChI is InChI=1S/C13H18N2O2S3/c16-11(15-6-2-1-3-7-15)4-5-14-13(17)10-8-12(20-18)19-9-10/h8-9,18H,1-7H2,(H,14,17). The summed E-state index contributed by atoms with van der Waals surface area (Å²) >= 11 is 5.58. The minimum atomic E-state index is -0.124. The Bertz CT molecular complexity index is 470. The van der Waals surface area contributed by atoms with Gasteiger partial charge >= 0.3 is 0 Å². The normalized spacial score (nSPS) is 15.2. The molecule has 0 aromatic carbocycles. The van der Waals surface area contributed by atoms with E-state index in [2.05, 4.69) is 17.0 Å². The van der Waals surface area contributed by atoms with Crippen molar-refractivity contribution in [2.24, 2.45) is 0 Å². The maximum atomic E-state index is 11.9. The lowest BCUT2D eigenvalue weighted by atomic mass is 10.1. The number of carbonyl (C=O) groups excluding carboxylic acids is 2. The van der Waals surface area contributed by atoms with Gasteiger partial charge in [0.2, 0.25) is 5.91 Å². The van der Waals surface area contributed by atoms with Crippen LogP contribution in [0.1, 0.15) is 36.0 Å². The van der Waals surface area contributed by atoms with Crippen LogP contribution >= 0.6 is 33.8 Å². The molecule has 1 fully saturated rings. The van der Waals surface area contributed by atoms with E-state index in [4.69, 9.17) is 0 Å². The number of piperidine rings is 1. The van der Waals surface area contributed by atoms with Crippen molar-refractivity contribution in [2.75, 3.05) is 19.6 Å². The fraction of sp³-hybridized carbons (Fsp3) is 0.538. The highest BCUT2D eigenvalue weighted by Crippen LogP contribution is 2.28. The van der Waals surface area contributed by atoms with Crippen LogP contribution in [0.3, 0.4) is 0 Å². The summed E-state index contributed by atoms with van der Waals surface area (Å²) in [4.78, 5) is 25.7. The monoisotopic (exact) mass is 330 g/mol. The van der Waals surface area contributed by atoms with Gasteiger partial charge in [0.05, 0.1) is 9.77 Å². The van der Waals surface area contributed by atoms with Crippen molar-refractivity contribution in [3.8, 4) is 0 Å². The van der Waals surface area contributed by atoms with Crippen molar-refractivity contribution in [1.29, 1.82) is 0 Å². The van der Waals surface area contributed by atoms with E-state index in [0.717, 1.165) is 30.1 Å². The maximum Gasteiger partial charge on any atom is 0.252 e. The molecule has 1 aliphatic heterocycles. The lowest BCUT2D eigenvalue weighted by Crippen LogP contribution is -2.37. The average Bonchev–Trinajstić information content (AvgIpc) is 2.97. The third-order valence-electron chi connectivity index (χ3n) is 3.26. The third kappa shape index (κ3) is 4.43. The number of thiophene rings is 1. The second-order valence-electron chi connectivity index (χ2n) is 4.69. The summed E-state index contributed by atoms with van der Waals surface area (Å²) in [5.74, 6) is 0.0169. The third-order valence-corrected chi connectivity index (χ3v) is 5.78. The first kappa shape index (κ1) is 15.7. The van der Waals surface area contributed by atoms with Crippen molar-refractivity contribution in [1.82, 2.24) is 10.2 Å². The smallest absolute Gasteiger partial charge is 0.252 e. The van der Waals surface area contributed by atoms with Crippen molar-refractivity contribution >= 4 is 45.6 Å². The summed E-state index contributed by atoms with van der Waals surface area (Å²) in [6, 6.07) is 1.81. The van der Waals surface area contributed by atoms with Gasteiger partial charge in [0.25, 0.3) is 5.91 Å². The van der Waals surface area contributed by atoms with Gasteiger partial charge in [0.15, 0.2) is 0 Å². The Hall–Kier alpha value is -0.660. The molecule has 0 atom stereocenters. The Balaban J connectivity index is 1.72. The number of carbonyl (C=O) groups is 2. The summed E-state index contributed by atoms with van der Waals surface area (Å²) in [5.41, 5.74) is 0.636. The minimum Gasteiger partial charge on any atom is -0.351 e. The van der Waals surface area contributed by atoms with Gasteiger partial charge < -0.3 is 10.2 Å². The van der Waals surface area contributed by atoms with Gasteiger partial charge in [-0.15, -0.1) is 23.0 Å². The molecule has 7 heteroatoms. The predicted molar refractivity (Wildman–Crippen MR) is 86.5 cm³/mol. The summed E-state index contributed by atoms with van der Waals surface area (Å²) in [6.45, 7) is 2.12. The summed E-state index contributed by atoms with van der Waals surface area (Å²) in [7, 11) is 1.33. The molecule has 2 heterocycles. The van der Waals surface area contributed by atoms with Crippen molar-refractivity contribution in [3.63, 3.8) is 0 Å². The highest BCUT2D eigenvalue weighted by Gasteiger charge is 2.16. The zero-order chi connectivity index (χ0) is 14.4. The van der Waals surface area contributed by atoms with Crippen molar-refractivity contribution in [2.45, 2.75) is 29.9 Å². The molecule has 1 aliphatic rings. The number of hydrogen-bond acceptors (Lipinski definition) is 5. The van der Waals surface area contributed by atoms with E-state index < -0.39 is 0 Å². The molecule has 4 nitrogen and oxygen atoms in total. The molecule has 0 unspecified atom stereocenters. The highest BCUT2D eigenvalue weighted by molar-refractivity contribution is 8.69. The lowest BCUT2D eigenvalue weighted by molar-refractivity contribution is -0.131. The van der Waals surface area contributed by atoms with Crippen LogP contribution in [0, 0.1) is 0 Å². The van der Waals surface area contributed by atoms with Crippen LogP contribution < -0.4 is 5.32 Å². The highest BCUT2D eigenvalue weighted by atomic mass is 33.1. The molecule has 0 saturated carbocycles. The van der Waals surface area contributed by atoms with E-state index in [1.807, 2.05) is 11.0 Å². The number of rotatable bonds is 5. The molecule has 20 heavy (non-hydrogen) atoms. The molecule has 1 saturated heterocycles. The van der Waals surface area contributed by atoms with Gasteiger partial charge in [-0.05, 0) is 25.3 Å². The number of thiol groups is 1. The van der Waals surface area contributed by atoms with E-state index in [9.17, 15) is 9.59 Å². The summed E-state index contributed by atoms with van der Waals surface area (Å²) in [6.07, 6.45) is 3.78. The largest absolute Gasteiger partial charge is 0.351 e. The fourth-order valence-electron chi connectivity index (χ4n) is 2.17. The van der Waals surface area contributed by atoms with E-state index in [1.54, 1.807) is 5.38 Å². The summed E-state index contributed by atoms with van der Waals surface area (Å²) in [5, 5.41) is 4.60. The van der Waals surface area contributed by atoms with E-state index in [-0.39, 0.29) is 11.8 Å². The van der Waals surface area contributed by atoms with Gasteiger partial charge in [-0.1, -0.05) is 10.8 Å². The molecule has 110 valence electrons. The van der Waals surface area contributed by atoms with Gasteiger partial charge in [0.1, 0.15) is 0 Å². The van der Waals surface area contributed by atoms with Crippen LogP contribution in [0.5, 0.6) is 0 Å².